The molecule has 88 valence electrons. The van der Waals surface area contributed by atoms with E-state index in [0.29, 0.717) is 18.0 Å². The van der Waals surface area contributed by atoms with Crippen LogP contribution in [-0.4, -0.2) is 12.3 Å². The van der Waals surface area contributed by atoms with Gasteiger partial charge in [-0.1, -0.05) is 40.5 Å². The second-order valence-corrected chi connectivity index (χ2v) is 5.18. The predicted molar refractivity (Wildman–Crippen MR) is 70.7 cm³/mol. The second-order valence-electron chi connectivity index (χ2n) is 3.86. The predicted octanol–water partition coefficient (Wildman–Crippen LogP) is 3.20. The molecule has 1 aromatic rings. The van der Waals surface area contributed by atoms with Gasteiger partial charge in [-0.3, -0.25) is 4.79 Å². The van der Waals surface area contributed by atoms with Gasteiger partial charge in [-0.15, -0.1) is 0 Å². The number of hydrogen-bond acceptors (Lipinski definition) is 2. The molecule has 0 saturated heterocycles. The molecule has 0 spiro atoms. The van der Waals surface area contributed by atoms with Crippen molar-refractivity contribution in [3.05, 3.63) is 33.3 Å². The SMILES string of the molecule is CC(CCN)C(=O)Cc1ccc(Br)cc1Cl. The number of halogens is 2. The largest absolute Gasteiger partial charge is 0.330 e. The molecule has 1 unspecified atom stereocenters. The van der Waals surface area contributed by atoms with Crippen molar-refractivity contribution < 1.29 is 4.79 Å². The highest BCUT2D eigenvalue weighted by molar-refractivity contribution is 9.10. The van der Waals surface area contributed by atoms with Crippen LogP contribution in [0.15, 0.2) is 22.7 Å². The van der Waals surface area contributed by atoms with E-state index in [2.05, 4.69) is 15.9 Å². The summed E-state index contributed by atoms with van der Waals surface area (Å²) in [6.45, 7) is 2.45. The van der Waals surface area contributed by atoms with Crippen LogP contribution in [0.5, 0.6) is 0 Å². The van der Waals surface area contributed by atoms with Gasteiger partial charge in [-0.25, -0.2) is 0 Å². The Hall–Kier alpha value is -0.380. The Labute approximate surface area is 109 Å². The molecule has 1 atom stereocenters. The number of ketones is 1. The zero-order chi connectivity index (χ0) is 12.1. The summed E-state index contributed by atoms with van der Waals surface area (Å²) in [7, 11) is 0. The summed E-state index contributed by atoms with van der Waals surface area (Å²) in [5.41, 5.74) is 6.30. The van der Waals surface area contributed by atoms with Crippen LogP contribution in [0, 0.1) is 5.92 Å². The first-order chi connectivity index (χ1) is 7.54. The fourth-order valence-electron chi connectivity index (χ4n) is 1.44. The van der Waals surface area contributed by atoms with Gasteiger partial charge in [0.1, 0.15) is 5.78 Å². The highest BCUT2D eigenvalue weighted by Gasteiger charge is 2.14. The Morgan fingerprint density at radius 3 is 2.81 bits per heavy atom. The summed E-state index contributed by atoms with van der Waals surface area (Å²) in [5.74, 6) is 0.194. The fraction of sp³-hybridized carbons (Fsp3) is 0.417. The van der Waals surface area contributed by atoms with E-state index in [1.165, 1.54) is 0 Å². The van der Waals surface area contributed by atoms with Crippen molar-refractivity contribution in [3.8, 4) is 0 Å². The number of nitrogens with two attached hydrogens (primary N) is 1. The topological polar surface area (TPSA) is 43.1 Å². The van der Waals surface area contributed by atoms with Crippen LogP contribution in [0.2, 0.25) is 5.02 Å². The highest BCUT2D eigenvalue weighted by atomic mass is 79.9. The minimum Gasteiger partial charge on any atom is -0.330 e. The van der Waals surface area contributed by atoms with Crippen molar-refractivity contribution in [2.24, 2.45) is 11.7 Å². The summed E-state index contributed by atoms with van der Waals surface area (Å²) in [6, 6.07) is 5.57. The van der Waals surface area contributed by atoms with Gasteiger partial charge < -0.3 is 5.73 Å². The van der Waals surface area contributed by atoms with E-state index in [1.54, 1.807) is 6.07 Å². The average Bonchev–Trinajstić information content (AvgIpc) is 2.22. The summed E-state index contributed by atoms with van der Waals surface area (Å²) < 4.78 is 0.920. The quantitative estimate of drug-likeness (QED) is 0.908. The maximum absolute atomic E-state index is 11.8. The zero-order valence-corrected chi connectivity index (χ0v) is 11.5. The molecule has 4 heteroatoms. The average molecular weight is 305 g/mol. The first-order valence-electron chi connectivity index (χ1n) is 5.21. The minimum atomic E-state index is 0.00436. The molecule has 0 aliphatic rings. The van der Waals surface area contributed by atoms with Crippen molar-refractivity contribution in [3.63, 3.8) is 0 Å². The molecule has 0 aliphatic carbocycles. The Morgan fingerprint density at radius 1 is 1.56 bits per heavy atom. The Bertz CT molecular complexity index is 381. The molecule has 0 saturated carbocycles. The molecular weight excluding hydrogens is 289 g/mol. The Balaban J connectivity index is 2.69. The Kier molecular flexibility index (Phi) is 5.46. The van der Waals surface area contributed by atoms with E-state index in [0.717, 1.165) is 16.5 Å². The second kappa shape index (κ2) is 6.38. The molecule has 0 aromatic heterocycles. The monoisotopic (exact) mass is 303 g/mol. The molecule has 0 amide bonds. The fourth-order valence-corrected chi connectivity index (χ4v) is 2.18. The van der Waals surface area contributed by atoms with Crippen LogP contribution in [-0.2, 0) is 11.2 Å². The van der Waals surface area contributed by atoms with Gasteiger partial charge in [-0.05, 0) is 30.7 Å². The van der Waals surface area contributed by atoms with Gasteiger partial charge in [0.2, 0.25) is 0 Å². The van der Waals surface area contributed by atoms with E-state index in [4.69, 9.17) is 17.3 Å². The van der Waals surface area contributed by atoms with Crippen molar-refractivity contribution in [1.29, 1.82) is 0 Å². The van der Waals surface area contributed by atoms with Gasteiger partial charge in [0.15, 0.2) is 0 Å². The lowest BCUT2D eigenvalue weighted by Crippen LogP contribution is -2.17. The number of hydrogen-bond donors (Lipinski definition) is 1. The molecule has 0 radical (unpaired) electrons. The van der Waals surface area contributed by atoms with Crippen molar-refractivity contribution in [2.75, 3.05) is 6.54 Å². The molecule has 1 aromatic carbocycles. The molecule has 0 aliphatic heterocycles. The van der Waals surface area contributed by atoms with Crippen LogP contribution in [0.25, 0.3) is 0 Å². The summed E-state index contributed by atoms with van der Waals surface area (Å²) >= 11 is 9.38. The molecule has 16 heavy (non-hydrogen) atoms. The molecule has 1 rings (SSSR count). The third kappa shape index (κ3) is 3.89. The third-order valence-corrected chi connectivity index (χ3v) is 3.37. The Morgan fingerprint density at radius 2 is 2.25 bits per heavy atom. The standard InChI is InChI=1S/C12H15BrClNO/c1-8(4-5-15)12(16)6-9-2-3-10(13)7-11(9)14/h2-3,7-8H,4-6,15H2,1H3. The number of Topliss-reactive ketones (excluding diaryl/α,β-unsaturated/α-hetero) is 1. The zero-order valence-electron chi connectivity index (χ0n) is 9.17. The highest BCUT2D eigenvalue weighted by Crippen LogP contribution is 2.22. The number of carbonyl (C=O) groups is 1. The molecular formula is C12H15BrClNO. The number of rotatable bonds is 5. The van der Waals surface area contributed by atoms with Crippen molar-refractivity contribution in [2.45, 2.75) is 19.8 Å². The molecule has 0 heterocycles. The van der Waals surface area contributed by atoms with E-state index in [1.807, 2.05) is 19.1 Å². The third-order valence-electron chi connectivity index (χ3n) is 2.53. The number of benzene rings is 1. The summed E-state index contributed by atoms with van der Waals surface area (Å²) in [6.07, 6.45) is 1.11. The first-order valence-corrected chi connectivity index (χ1v) is 6.38. The molecule has 0 bridgehead atoms. The summed E-state index contributed by atoms with van der Waals surface area (Å²) in [4.78, 5) is 11.8. The normalized spacial score (nSPS) is 12.5. The van der Waals surface area contributed by atoms with Crippen molar-refractivity contribution >= 4 is 33.3 Å². The lowest BCUT2D eigenvalue weighted by atomic mass is 9.97. The van der Waals surface area contributed by atoms with E-state index in [-0.39, 0.29) is 11.7 Å². The number of carbonyl (C=O) groups excluding carboxylic acids is 1. The van der Waals surface area contributed by atoms with Gasteiger partial charge in [0, 0.05) is 21.8 Å². The smallest absolute Gasteiger partial charge is 0.140 e. The van der Waals surface area contributed by atoms with E-state index >= 15 is 0 Å². The lowest BCUT2D eigenvalue weighted by Gasteiger charge is -2.10. The van der Waals surface area contributed by atoms with Crippen molar-refractivity contribution in [1.82, 2.24) is 0 Å². The van der Waals surface area contributed by atoms with Crippen LogP contribution < -0.4 is 5.73 Å². The maximum Gasteiger partial charge on any atom is 0.140 e. The van der Waals surface area contributed by atoms with Gasteiger partial charge in [0.05, 0.1) is 0 Å². The first kappa shape index (κ1) is 13.7. The van der Waals surface area contributed by atoms with Gasteiger partial charge >= 0.3 is 0 Å². The van der Waals surface area contributed by atoms with E-state index < -0.39 is 0 Å². The lowest BCUT2D eigenvalue weighted by molar-refractivity contribution is -0.121. The molecule has 0 fully saturated rings. The molecule has 2 N–H and O–H groups in total. The summed E-state index contributed by atoms with van der Waals surface area (Å²) in [5, 5.41) is 0.627. The maximum atomic E-state index is 11.8. The van der Waals surface area contributed by atoms with E-state index in [9.17, 15) is 4.79 Å². The molecule has 2 nitrogen and oxygen atoms in total. The van der Waals surface area contributed by atoms with Crippen LogP contribution >= 0.6 is 27.5 Å². The van der Waals surface area contributed by atoms with Crippen LogP contribution in [0.4, 0.5) is 0 Å². The minimum absolute atomic E-state index is 0.00436. The van der Waals surface area contributed by atoms with Gasteiger partial charge in [0.25, 0.3) is 0 Å². The van der Waals surface area contributed by atoms with Crippen LogP contribution in [0.1, 0.15) is 18.9 Å². The van der Waals surface area contributed by atoms with Crippen LogP contribution in [0.3, 0.4) is 0 Å². The van der Waals surface area contributed by atoms with Gasteiger partial charge in [-0.2, -0.15) is 0 Å².